The Morgan fingerprint density at radius 2 is 1.67 bits per heavy atom. The molecule has 0 atom stereocenters. The molecular formula is C17H26N4. The van der Waals surface area contributed by atoms with Crippen LogP contribution in [0.2, 0.25) is 0 Å². The van der Waals surface area contributed by atoms with Gasteiger partial charge in [0.2, 0.25) is 0 Å². The van der Waals surface area contributed by atoms with Crippen molar-refractivity contribution < 1.29 is 0 Å². The van der Waals surface area contributed by atoms with Gasteiger partial charge in [-0.2, -0.15) is 0 Å². The molecule has 0 unspecified atom stereocenters. The quantitative estimate of drug-likeness (QED) is 0.898. The highest BCUT2D eigenvalue weighted by atomic mass is 15.4. The maximum atomic E-state index is 4.20. The summed E-state index contributed by atoms with van der Waals surface area (Å²) >= 11 is 0. The van der Waals surface area contributed by atoms with Crippen molar-refractivity contribution in [3.63, 3.8) is 0 Å². The molecule has 2 aliphatic carbocycles. The van der Waals surface area contributed by atoms with E-state index < -0.39 is 0 Å². The lowest BCUT2D eigenvalue weighted by molar-refractivity contribution is 0.185. The first-order valence-corrected chi connectivity index (χ1v) is 8.72. The van der Waals surface area contributed by atoms with E-state index in [-0.39, 0.29) is 0 Å². The van der Waals surface area contributed by atoms with E-state index in [4.69, 9.17) is 0 Å². The van der Waals surface area contributed by atoms with E-state index in [0.29, 0.717) is 5.92 Å². The molecule has 2 aromatic heterocycles. The average molecular weight is 286 g/mol. The molecule has 4 rings (SSSR count). The molecule has 0 bridgehead atoms. The second-order valence-corrected chi connectivity index (χ2v) is 7.16. The lowest BCUT2D eigenvalue weighted by Crippen LogP contribution is -2.23. The molecule has 114 valence electrons. The minimum Gasteiger partial charge on any atom is -0.295 e. The van der Waals surface area contributed by atoms with E-state index in [1.54, 1.807) is 0 Å². The number of nitrogens with one attached hydrogen (secondary N) is 1. The highest BCUT2D eigenvalue weighted by Gasteiger charge is 2.29. The molecule has 4 heteroatoms. The molecule has 0 aliphatic heterocycles. The third-order valence-electron chi connectivity index (χ3n) is 5.90. The molecule has 0 radical (unpaired) electrons. The maximum Gasteiger partial charge on any atom is 0.177 e. The monoisotopic (exact) mass is 286 g/mol. The molecule has 2 aromatic rings. The van der Waals surface area contributed by atoms with Crippen LogP contribution in [0.4, 0.5) is 0 Å². The first-order valence-electron chi connectivity index (χ1n) is 8.72. The summed E-state index contributed by atoms with van der Waals surface area (Å²) < 4.78 is 2.02. The highest BCUT2D eigenvalue weighted by Crippen LogP contribution is 2.42. The van der Waals surface area contributed by atoms with E-state index >= 15 is 0 Å². The fraction of sp³-hybridized carbons (Fsp3) is 0.765. The predicted molar refractivity (Wildman–Crippen MR) is 83.3 cm³/mol. The van der Waals surface area contributed by atoms with Crippen LogP contribution < -0.4 is 0 Å². The van der Waals surface area contributed by atoms with Gasteiger partial charge in [0.05, 0.1) is 0 Å². The Labute approximate surface area is 126 Å². The predicted octanol–water partition coefficient (Wildman–Crippen LogP) is 4.22. The van der Waals surface area contributed by atoms with Crippen molar-refractivity contribution in [2.75, 3.05) is 0 Å². The number of aromatic nitrogens is 4. The van der Waals surface area contributed by atoms with Gasteiger partial charge in [-0.25, -0.2) is 4.52 Å². The van der Waals surface area contributed by atoms with Gasteiger partial charge < -0.3 is 0 Å². The van der Waals surface area contributed by atoms with E-state index in [1.165, 1.54) is 63.5 Å². The normalized spacial score (nSPS) is 28.2. The summed E-state index contributed by atoms with van der Waals surface area (Å²) in [6.07, 6.45) is 13.0. The molecule has 0 amide bonds. The van der Waals surface area contributed by atoms with Crippen molar-refractivity contribution in [3.05, 3.63) is 17.6 Å². The molecule has 2 aliphatic rings. The molecule has 0 saturated heterocycles. The SMILES string of the molecule is Cc1nnc2cc(C3CCC(C4CCCCC4)CC3)[nH]n12. The number of H-pyrrole nitrogens is 1. The Morgan fingerprint density at radius 1 is 0.952 bits per heavy atom. The smallest absolute Gasteiger partial charge is 0.177 e. The second-order valence-electron chi connectivity index (χ2n) is 7.16. The minimum atomic E-state index is 0.700. The van der Waals surface area contributed by atoms with Crippen LogP contribution in [0.25, 0.3) is 5.65 Å². The van der Waals surface area contributed by atoms with Gasteiger partial charge in [-0.15, -0.1) is 10.2 Å². The number of hydrogen-bond acceptors (Lipinski definition) is 2. The van der Waals surface area contributed by atoms with Crippen molar-refractivity contribution in [3.8, 4) is 0 Å². The number of nitrogens with zero attached hydrogens (tertiary/aromatic N) is 3. The van der Waals surface area contributed by atoms with Crippen molar-refractivity contribution in [2.45, 2.75) is 70.6 Å². The first-order chi connectivity index (χ1) is 10.3. The lowest BCUT2D eigenvalue weighted by atomic mass is 9.70. The second kappa shape index (κ2) is 5.47. The molecule has 0 spiro atoms. The summed E-state index contributed by atoms with van der Waals surface area (Å²) in [5, 5.41) is 11.8. The molecule has 21 heavy (non-hydrogen) atoms. The highest BCUT2D eigenvalue weighted by molar-refractivity contribution is 5.39. The summed E-state index contributed by atoms with van der Waals surface area (Å²) in [7, 11) is 0. The molecule has 2 heterocycles. The summed E-state index contributed by atoms with van der Waals surface area (Å²) in [4.78, 5) is 0. The molecule has 1 N–H and O–H groups in total. The largest absolute Gasteiger partial charge is 0.295 e. The number of rotatable bonds is 2. The zero-order valence-corrected chi connectivity index (χ0v) is 13.0. The van der Waals surface area contributed by atoms with E-state index in [9.17, 15) is 0 Å². The van der Waals surface area contributed by atoms with Crippen LogP contribution in [0.1, 0.15) is 75.2 Å². The zero-order valence-electron chi connectivity index (χ0n) is 13.0. The Bertz CT molecular complexity index is 597. The van der Waals surface area contributed by atoms with Crippen molar-refractivity contribution >= 4 is 5.65 Å². The Morgan fingerprint density at radius 3 is 2.38 bits per heavy atom. The van der Waals surface area contributed by atoms with Gasteiger partial charge in [0.25, 0.3) is 0 Å². The van der Waals surface area contributed by atoms with E-state index in [2.05, 4.69) is 21.4 Å². The van der Waals surface area contributed by atoms with E-state index in [0.717, 1.165) is 23.3 Å². The van der Waals surface area contributed by atoms with Crippen LogP contribution >= 0.6 is 0 Å². The maximum absolute atomic E-state index is 4.20. The average Bonchev–Trinajstić information content (AvgIpc) is 3.11. The summed E-state index contributed by atoms with van der Waals surface area (Å²) in [5.41, 5.74) is 2.34. The van der Waals surface area contributed by atoms with Crippen LogP contribution in [0.15, 0.2) is 6.07 Å². The van der Waals surface area contributed by atoms with Gasteiger partial charge in [0.15, 0.2) is 5.65 Å². The van der Waals surface area contributed by atoms with Gasteiger partial charge in [-0.3, -0.25) is 5.10 Å². The standard InChI is InChI=1S/C17H26N4/c1-12-18-19-17-11-16(20-21(12)17)15-9-7-14(8-10-15)13-5-3-2-4-6-13/h11,13-15,20H,2-10H2,1H3. The molecular weight excluding hydrogens is 260 g/mol. The Hall–Kier alpha value is -1.32. The lowest BCUT2D eigenvalue weighted by Gasteiger charge is -2.35. The van der Waals surface area contributed by atoms with Crippen LogP contribution in [-0.4, -0.2) is 19.8 Å². The minimum absolute atomic E-state index is 0.700. The van der Waals surface area contributed by atoms with Crippen LogP contribution in [-0.2, 0) is 0 Å². The van der Waals surface area contributed by atoms with Crippen LogP contribution in [0.3, 0.4) is 0 Å². The van der Waals surface area contributed by atoms with Crippen molar-refractivity contribution in [1.29, 1.82) is 0 Å². The first kappa shape index (κ1) is 13.4. The number of aromatic amines is 1. The fourth-order valence-electron chi connectivity index (χ4n) is 4.63. The number of aryl methyl sites for hydroxylation is 1. The molecule has 0 aromatic carbocycles. The summed E-state index contributed by atoms with van der Waals surface area (Å²) in [6, 6.07) is 2.20. The van der Waals surface area contributed by atoms with Crippen molar-refractivity contribution in [1.82, 2.24) is 19.8 Å². The van der Waals surface area contributed by atoms with Gasteiger partial charge >= 0.3 is 0 Å². The molecule has 4 nitrogen and oxygen atoms in total. The number of hydrogen-bond donors (Lipinski definition) is 1. The van der Waals surface area contributed by atoms with Crippen LogP contribution in [0.5, 0.6) is 0 Å². The third-order valence-corrected chi connectivity index (χ3v) is 5.90. The van der Waals surface area contributed by atoms with Crippen molar-refractivity contribution in [2.24, 2.45) is 11.8 Å². The van der Waals surface area contributed by atoms with Gasteiger partial charge in [0.1, 0.15) is 5.82 Å². The zero-order chi connectivity index (χ0) is 14.2. The number of fused-ring (bicyclic) bond motifs is 1. The topological polar surface area (TPSA) is 46.0 Å². The summed E-state index contributed by atoms with van der Waals surface area (Å²) in [6.45, 7) is 2.00. The van der Waals surface area contributed by atoms with Gasteiger partial charge in [-0.05, 0) is 44.4 Å². The van der Waals surface area contributed by atoms with Gasteiger partial charge in [0, 0.05) is 17.7 Å². The Balaban J connectivity index is 1.42. The van der Waals surface area contributed by atoms with Gasteiger partial charge in [-0.1, -0.05) is 32.1 Å². The molecule has 2 fully saturated rings. The van der Waals surface area contributed by atoms with Crippen LogP contribution in [0, 0.1) is 18.8 Å². The summed E-state index contributed by atoms with van der Waals surface area (Å²) in [5.74, 6) is 3.69. The third kappa shape index (κ3) is 2.49. The molecule has 2 saturated carbocycles. The Kier molecular flexibility index (Phi) is 3.48. The van der Waals surface area contributed by atoms with E-state index in [1.807, 2.05) is 11.4 Å². The fourth-order valence-corrected chi connectivity index (χ4v) is 4.63.